The molecule has 2 aliphatic heterocycles. The minimum atomic E-state index is -0.774. The van der Waals surface area contributed by atoms with Crippen molar-refractivity contribution in [3.63, 3.8) is 0 Å². The van der Waals surface area contributed by atoms with Gasteiger partial charge in [0.15, 0.2) is 0 Å². The van der Waals surface area contributed by atoms with Crippen molar-refractivity contribution in [2.24, 2.45) is 0 Å². The molecule has 1 fully saturated rings. The summed E-state index contributed by atoms with van der Waals surface area (Å²) < 4.78 is 16.6. The molecule has 0 radical (unpaired) electrons. The van der Waals surface area contributed by atoms with Crippen LogP contribution in [-0.4, -0.2) is 47.6 Å². The van der Waals surface area contributed by atoms with Gasteiger partial charge in [-0.25, -0.2) is 0 Å². The van der Waals surface area contributed by atoms with E-state index < -0.39 is 17.7 Å². The quantitative estimate of drug-likeness (QED) is 0.325. The molecule has 4 rings (SSSR count). The Labute approximate surface area is 174 Å². The molecule has 3 heterocycles. The molecule has 30 heavy (non-hydrogen) atoms. The van der Waals surface area contributed by atoms with E-state index in [4.69, 9.17) is 13.9 Å². The van der Waals surface area contributed by atoms with Crippen LogP contribution in [0.3, 0.4) is 0 Å². The van der Waals surface area contributed by atoms with Crippen LogP contribution in [0.25, 0.3) is 5.76 Å². The number of carbonyl (C=O) groups excluding carboxylic acids is 2. The van der Waals surface area contributed by atoms with Crippen molar-refractivity contribution >= 4 is 17.4 Å². The molecule has 1 atom stereocenters. The number of ketones is 1. The molecule has 0 spiro atoms. The fraction of sp³-hybridized carbons (Fsp3) is 0.391. The second-order valence-electron chi connectivity index (χ2n) is 7.70. The smallest absolute Gasteiger partial charge is 0.295 e. The molecule has 2 aliphatic rings. The summed E-state index contributed by atoms with van der Waals surface area (Å²) in [5.41, 5.74) is 1.49. The Balaban J connectivity index is 1.69. The first-order chi connectivity index (χ1) is 14.5. The van der Waals surface area contributed by atoms with Gasteiger partial charge in [0.2, 0.25) is 0 Å². The number of aliphatic hydroxyl groups excluding tert-OH is 1. The summed E-state index contributed by atoms with van der Waals surface area (Å²) in [7, 11) is 0. The van der Waals surface area contributed by atoms with Crippen LogP contribution in [-0.2, 0) is 20.7 Å². The average molecular weight is 411 g/mol. The molecule has 7 heteroatoms. The van der Waals surface area contributed by atoms with Crippen LogP contribution in [0.2, 0.25) is 0 Å². The average Bonchev–Trinajstić information content (AvgIpc) is 3.46. The first-order valence-electron chi connectivity index (χ1n) is 10.2. The lowest BCUT2D eigenvalue weighted by Gasteiger charge is -2.23. The normalized spacial score (nSPS) is 20.1. The van der Waals surface area contributed by atoms with Gasteiger partial charge in [0, 0.05) is 25.1 Å². The van der Waals surface area contributed by atoms with E-state index in [1.165, 1.54) is 11.2 Å². The molecule has 1 N–H and O–H groups in total. The van der Waals surface area contributed by atoms with Gasteiger partial charge >= 0.3 is 0 Å². The van der Waals surface area contributed by atoms with Gasteiger partial charge in [-0.1, -0.05) is 0 Å². The first-order valence-corrected chi connectivity index (χ1v) is 10.2. The molecule has 0 aliphatic carbocycles. The molecule has 1 saturated heterocycles. The number of ether oxygens (including phenoxy) is 2. The molecule has 1 aromatic carbocycles. The van der Waals surface area contributed by atoms with E-state index in [2.05, 4.69) is 0 Å². The van der Waals surface area contributed by atoms with E-state index in [-0.39, 0.29) is 17.4 Å². The number of rotatable bonds is 7. The highest BCUT2D eigenvalue weighted by molar-refractivity contribution is 6.46. The van der Waals surface area contributed by atoms with Crippen molar-refractivity contribution in [2.75, 3.05) is 19.8 Å². The summed E-state index contributed by atoms with van der Waals surface area (Å²) in [4.78, 5) is 27.2. The van der Waals surface area contributed by atoms with Gasteiger partial charge in [0.1, 0.15) is 23.3 Å². The predicted molar refractivity (Wildman–Crippen MR) is 109 cm³/mol. The maximum Gasteiger partial charge on any atom is 0.295 e. The monoisotopic (exact) mass is 411 g/mol. The number of benzene rings is 1. The summed E-state index contributed by atoms with van der Waals surface area (Å²) >= 11 is 0. The molecular weight excluding hydrogens is 386 g/mol. The van der Waals surface area contributed by atoms with Crippen LogP contribution in [0.1, 0.15) is 43.2 Å². The van der Waals surface area contributed by atoms with Crippen molar-refractivity contribution in [3.8, 4) is 5.75 Å². The van der Waals surface area contributed by atoms with Crippen LogP contribution in [0.4, 0.5) is 0 Å². The van der Waals surface area contributed by atoms with E-state index in [1.54, 1.807) is 30.3 Å². The van der Waals surface area contributed by atoms with Crippen molar-refractivity contribution in [1.82, 2.24) is 4.90 Å². The zero-order chi connectivity index (χ0) is 21.3. The highest BCUT2D eigenvalue weighted by Gasteiger charge is 2.47. The second-order valence-corrected chi connectivity index (χ2v) is 7.70. The summed E-state index contributed by atoms with van der Waals surface area (Å²) in [5.74, 6) is -0.349. The maximum atomic E-state index is 12.9. The van der Waals surface area contributed by atoms with E-state index in [9.17, 15) is 14.7 Å². The molecule has 0 saturated carbocycles. The Bertz CT molecular complexity index is 976. The molecule has 7 nitrogen and oxygen atoms in total. The molecule has 0 bridgehead atoms. The van der Waals surface area contributed by atoms with Gasteiger partial charge in [-0.3, -0.25) is 9.59 Å². The minimum absolute atomic E-state index is 0.0404. The number of likely N-dealkylation sites (tertiary alicyclic amines) is 1. The number of furan rings is 1. The number of nitrogens with zero attached hydrogens (tertiary/aromatic N) is 1. The highest BCUT2D eigenvalue weighted by atomic mass is 16.5. The largest absolute Gasteiger partial charge is 0.507 e. The van der Waals surface area contributed by atoms with Crippen LogP contribution in [0, 0.1) is 0 Å². The third-order valence-electron chi connectivity index (χ3n) is 5.31. The lowest BCUT2D eigenvalue weighted by molar-refractivity contribution is -0.140. The van der Waals surface area contributed by atoms with E-state index >= 15 is 0 Å². The molecule has 1 amide bonds. The van der Waals surface area contributed by atoms with E-state index in [0.717, 1.165) is 17.7 Å². The van der Waals surface area contributed by atoms with Crippen LogP contribution in [0.5, 0.6) is 5.75 Å². The number of aliphatic hydroxyl groups is 1. The summed E-state index contributed by atoms with van der Waals surface area (Å²) in [6.45, 7) is 5.26. The molecule has 1 unspecified atom stereocenters. The summed E-state index contributed by atoms with van der Waals surface area (Å²) in [6, 6.07) is 7.91. The molecule has 1 aromatic heterocycles. The highest BCUT2D eigenvalue weighted by Crippen LogP contribution is 2.40. The Morgan fingerprint density at radius 1 is 1.30 bits per heavy atom. The molecule has 158 valence electrons. The van der Waals surface area contributed by atoms with Gasteiger partial charge in [-0.2, -0.15) is 0 Å². The number of hydrogen-bond acceptors (Lipinski definition) is 6. The number of fused-ring (bicyclic) bond motifs is 1. The first kappa shape index (κ1) is 20.2. The molecule has 2 aromatic rings. The standard InChI is InChI=1S/C23H25NO6/c1-14(2)28-11-4-9-24-20(18-5-3-10-29-18)19(22(26)23(24)27)21(25)16-6-7-17-15(13-16)8-12-30-17/h3,5-7,10,13-14,20,25H,4,8-9,11-12H2,1-2H3/b21-19-. The fourth-order valence-electron chi connectivity index (χ4n) is 3.90. The lowest BCUT2D eigenvalue weighted by atomic mass is 9.98. The fourth-order valence-corrected chi connectivity index (χ4v) is 3.90. The van der Waals surface area contributed by atoms with Crippen LogP contribution in [0.15, 0.2) is 46.6 Å². The lowest BCUT2D eigenvalue weighted by Crippen LogP contribution is -2.31. The second kappa shape index (κ2) is 8.36. The Kier molecular flexibility index (Phi) is 5.63. The van der Waals surface area contributed by atoms with Crippen molar-refractivity contribution in [3.05, 3.63) is 59.1 Å². The SMILES string of the molecule is CC(C)OCCCN1C(=O)C(=O)/C(=C(\O)c2ccc3c(c2)CCO3)C1c1ccco1. The van der Waals surface area contributed by atoms with E-state index in [0.29, 0.717) is 37.5 Å². The Morgan fingerprint density at radius 2 is 2.13 bits per heavy atom. The Hall–Kier alpha value is -3.06. The van der Waals surface area contributed by atoms with Gasteiger partial charge in [-0.05, 0) is 56.2 Å². The number of amides is 1. The third-order valence-corrected chi connectivity index (χ3v) is 5.31. The van der Waals surface area contributed by atoms with Crippen molar-refractivity contribution < 1.29 is 28.6 Å². The number of Topliss-reactive ketones (excluding diaryl/α,β-unsaturated/α-hetero) is 1. The predicted octanol–water partition coefficient (Wildman–Crippen LogP) is 3.45. The zero-order valence-electron chi connectivity index (χ0n) is 17.1. The number of hydrogen-bond donors (Lipinski definition) is 1. The third kappa shape index (κ3) is 3.73. The minimum Gasteiger partial charge on any atom is -0.507 e. The number of carbonyl (C=O) groups is 2. The maximum absolute atomic E-state index is 12.9. The van der Waals surface area contributed by atoms with Crippen LogP contribution < -0.4 is 4.74 Å². The Morgan fingerprint density at radius 3 is 2.87 bits per heavy atom. The van der Waals surface area contributed by atoms with E-state index in [1.807, 2.05) is 13.8 Å². The van der Waals surface area contributed by atoms with Gasteiger partial charge in [0.05, 0.1) is 24.5 Å². The topological polar surface area (TPSA) is 89.2 Å². The van der Waals surface area contributed by atoms with Gasteiger partial charge < -0.3 is 23.9 Å². The van der Waals surface area contributed by atoms with Crippen LogP contribution >= 0.6 is 0 Å². The molecular formula is C23H25NO6. The van der Waals surface area contributed by atoms with Crippen molar-refractivity contribution in [2.45, 2.75) is 38.8 Å². The summed E-state index contributed by atoms with van der Waals surface area (Å²) in [6.07, 6.45) is 2.88. The van der Waals surface area contributed by atoms with Gasteiger partial charge in [-0.15, -0.1) is 0 Å². The zero-order valence-corrected chi connectivity index (χ0v) is 17.1. The van der Waals surface area contributed by atoms with Crippen molar-refractivity contribution in [1.29, 1.82) is 0 Å². The summed E-state index contributed by atoms with van der Waals surface area (Å²) in [5, 5.41) is 11.0. The van der Waals surface area contributed by atoms with Gasteiger partial charge in [0.25, 0.3) is 11.7 Å².